The van der Waals surface area contributed by atoms with Crippen LogP contribution in [0.3, 0.4) is 0 Å². The van der Waals surface area contributed by atoms with Crippen LogP contribution in [-0.2, 0) is 16.0 Å². The summed E-state index contributed by atoms with van der Waals surface area (Å²) in [5.41, 5.74) is 18.7. The Morgan fingerprint density at radius 3 is 2.48 bits per heavy atom. The van der Waals surface area contributed by atoms with Crippen molar-refractivity contribution in [1.82, 2.24) is 20.2 Å². The van der Waals surface area contributed by atoms with Gasteiger partial charge in [-0.1, -0.05) is 24.3 Å². The highest BCUT2D eigenvalue weighted by Gasteiger charge is 2.36. The van der Waals surface area contributed by atoms with Gasteiger partial charge in [-0.05, 0) is 97.7 Å². The first kappa shape index (κ1) is 27.5. The van der Waals surface area contributed by atoms with E-state index in [1.165, 1.54) is 0 Å². The van der Waals surface area contributed by atoms with E-state index in [1.807, 2.05) is 24.3 Å². The van der Waals surface area contributed by atoms with Crippen LogP contribution in [0, 0.1) is 18.8 Å². The molecule has 42 heavy (non-hydrogen) atoms. The van der Waals surface area contributed by atoms with Crippen LogP contribution in [0.2, 0.25) is 0 Å². The van der Waals surface area contributed by atoms with Crippen molar-refractivity contribution < 1.29 is 9.59 Å². The lowest BCUT2D eigenvalue weighted by molar-refractivity contribution is -0.127. The lowest BCUT2D eigenvalue weighted by atomic mass is 9.81. The van der Waals surface area contributed by atoms with Gasteiger partial charge in [-0.2, -0.15) is 0 Å². The number of rotatable bonds is 8. The first-order valence-corrected chi connectivity index (χ1v) is 14.4. The fraction of sp³-hybridized carbons (Fsp3) is 0.312. The summed E-state index contributed by atoms with van der Waals surface area (Å²) in [6, 6.07) is 16.3. The van der Waals surface area contributed by atoms with Gasteiger partial charge in [-0.3, -0.25) is 29.5 Å². The minimum Gasteiger partial charge on any atom is -0.368 e. The molecule has 0 bridgehead atoms. The molecule has 1 atom stereocenters. The van der Waals surface area contributed by atoms with E-state index in [1.54, 1.807) is 29.4 Å². The van der Waals surface area contributed by atoms with Crippen molar-refractivity contribution in [1.29, 1.82) is 0 Å². The third-order valence-electron chi connectivity index (χ3n) is 8.70. The van der Waals surface area contributed by atoms with Crippen LogP contribution in [0.25, 0.3) is 33.1 Å². The molecule has 2 aromatic heterocycles. The van der Waals surface area contributed by atoms with E-state index in [0.717, 1.165) is 46.1 Å². The van der Waals surface area contributed by atoms with E-state index < -0.39 is 11.9 Å². The molecule has 0 spiro atoms. The molecule has 0 radical (unpaired) electrons. The lowest BCUT2D eigenvalue weighted by Crippen LogP contribution is -2.52. The Balaban J connectivity index is 1.32. The molecule has 0 aliphatic heterocycles. The van der Waals surface area contributed by atoms with Crippen LogP contribution in [0.15, 0.2) is 65.7 Å². The van der Waals surface area contributed by atoms with Crippen molar-refractivity contribution in [2.45, 2.75) is 45.1 Å². The van der Waals surface area contributed by atoms with Crippen molar-refractivity contribution in [2.75, 3.05) is 11.4 Å². The van der Waals surface area contributed by atoms with E-state index in [4.69, 9.17) is 11.5 Å². The lowest BCUT2D eigenvalue weighted by Gasteiger charge is -2.35. The van der Waals surface area contributed by atoms with Crippen LogP contribution in [0.5, 0.6) is 0 Å². The predicted octanol–water partition coefficient (Wildman–Crippen LogP) is 3.90. The molecule has 2 heterocycles. The van der Waals surface area contributed by atoms with Crippen LogP contribution in [-0.4, -0.2) is 44.6 Å². The summed E-state index contributed by atoms with van der Waals surface area (Å²) in [4.78, 5) is 48.4. The Morgan fingerprint density at radius 2 is 1.76 bits per heavy atom. The zero-order valence-electron chi connectivity index (χ0n) is 23.5. The second-order valence-electron chi connectivity index (χ2n) is 11.4. The molecule has 1 fully saturated rings. The molecule has 216 valence electrons. The van der Waals surface area contributed by atoms with Crippen LogP contribution < -0.4 is 21.9 Å². The molecule has 0 saturated heterocycles. The van der Waals surface area contributed by atoms with Gasteiger partial charge in [0.2, 0.25) is 11.8 Å². The van der Waals surface area contributed by atoms with Gasteiger partial charge in [0, 0.05) is 18.0 Å². The Kier molecular flexibility index (Phi) is 7.38. The Labute approximate surface area is 242 Å². The van der Waals surface area contributed by atoms with Crippen molar-refractivity contribution in [3.05, 3.63) is 82.4 Å². The normalized spacial score (nSPS) is 17.9. The monoisotopic (exact) mass is 565 g/mol. The molecule has 6 rings (SSSR count). The number of hydrogen-bond donors (Lipinski definition) is 5. The fourth-order valence-electron chi connectivity index (χ4n) is 6.24. The Morgan fingerprint density at radius 1 is 1.00 bits per heavy atom. The summed E-state index contributed by atoms with van der Waals surface area (Å²) in [7, 11) is 0. The van der Waals surface area contributed by atoms with Gasteiger partial charge in [0.15, 0.2) is 0 Å². The minimum atomic E-state index is -0.916. The smallest absolute Gasteiger partial charge is 0.271 e. The van der Waals surface area contributed by atoms with E-state index in [0.29, 0.717) is 41.9 Å². The van der Waals surface area contributed by atoms with Gasteiger partial charge < -0.3 is 16.5 Å². The number of amides is 2. The molecule has 7 N–H and O–H groups in total. The SMILES string of the molecule is Cc1cc2[nH]cnc2cc1-c1ccc(C[C@@H](C(N)=O)N(C(=O)C2CCC(CN)CC2)c2ccc3c(=O)[nH][nH]c3c2)cc1. The van der Waals surface area contributed by atoms with Gasteiger partial charge in [-0.25, -0.2) is 4.98 Å². The van der Waals surface area contributed by atoms with E-state index in [-0.39, 0.29) is 23.8 Å². The molecule has 1 aliphatic rings. The van der Waals surface area contributed by atoms with E-state index in [2.05, 4.69) is 39.2 Å². The fourth-order valence-corrected chi connectivity index (χ4v) is 6.24. The largest absolute Gasteiger partial charge is 0.368 e. The van der Waals surface area contributed by atoms with Crippen molar-refractivity contribution in [3.8, 4) is 11.1 Å². The summed E-state index contributed by atoms with van der Waals surface area (Å²) in [5, 5.41) is 5.91. The summed E-state index contributed by atoms with van der Waals surface area (Å²) < 4.78 is 0. The number of carbonyl (C=O) groups is 2. The maximum Gasteiger partial charge on any atom is 0.271 e. The van der Waals surface area contributed by atoms with Gasteiger partial charge in [0.1, 0.15) is 6.04 Å². The highest BCUT2D eigenvalue weighted by Crippen LogP contribution is 2.33. The summed E-state index contributed by atoms with van der Waals surface area (Å²) >= 11 is 0. The highest BCUT2D eigenvalue weighted by molar-refractivity contribution is 6.03. The van der Waals surface area contributed by atoms with E-state index in [9.17, 15) is 14.4 Å². The summed E-state index contributed by atoms with van der Waals surface area (Å²) in [5.74, 6) is -0.554. The standard InChI is InChI=1S/C32H35N7O3/c1-18-12-27-28(36-17-35-27)15-25(18)21-6-2-19(3-7-21)13-29(30(34)40)39(32(42)22-8-4-20(16-33)5-9-22)23-10-11-24-26(14-23)37-38-31(24)41/h2-3,6-7,10-12,14-15,17,20,22,29H,4-5,8-9,13,16,33H2,1H3,(H2,34,40)(H,35,36)(H2,37,38,41)/t20?,22?,29-/m0/s1. The first-order valence-electron chi connectivity index (χ1n) is 14.4. The summed E-state index contributed by atoms with van der Waals surface area (Å²) in [6.07, 6.45) is 5.09. The third kappa shape index (κ3) is 5.21. The molecule has 3 aromatic carbocycles. The minimum absolute atomic E-state index is 0.133. The van der Waals surface area contributed by atoms with Gasteiger partial charge in [0.05, 0.1) is 28.3 Å². The molecule has 1 saturated carbocycles. The maximum absolute atomic E-state index is 14.1. The van der Waals surface area contributed by atoms with Gasteiger partial charge in [-0.15, -0.1) is 0 Å². The molecule has 10 heteroatoms. The zero-order chi connectivity index (χ0) is 29.4. The number of carbonyl (C=O) groups excluding carboxylic acids is 2. The number of nitrogens with two attached hydrogens (primary N) is 2. The highest BCUT2D eigenvalue weighted by atomic mass is 16.2. The van der Waals surface area contributed by atoms with E-state index >= 15 is 0 Å². The predicted molar refractivity (Wildman–Crippen MR) is 164 cm³/mol. The number of nitrogens with one attached hydrogen (secondary N) is 3. The van der Waals surface area contributed by atoms with Crippen molar-refractivity contribution in [2.24, 2.45) is 23.3 Å². The number of H-pyrrole nitrogens is 3. The molecular formula is C32H35N7O3. The number of nitrogens with zero attached hydrogens (tertiary/aromatic N) is 2. The summed E-state index contributed by atoms with van der Waals surface area (Å²) in [6.45, 7) is 2.67. The molecule has 10 nitrogen and oxygen atoms in total. The number of aromatic amines is 3. The molecule has 1 aliphatic carbocycles. The number of hydrogen-bond acceptors (Lipinski definition) is 5. The Hall–Kier alpha value is -4.70. The van der Waals surface area contributed by atoms with Crippen LogP contribution >= 0.6 is 0 Å². The van der Waals surface area contributed by atoms with Crippen molar-refractivity contribution >= 4 is 39.4 Å². The first-order chi connectivity index (χ1) is 20.3. The number of aryl methyl sites for hydroxylation is 1. The van der Waals surface area contributed by atoms with Crippen LogP contribution in [0.1, 0.15) is 36.8 Å². The third-order valence-corrected chi connectivity index (χ3v) is 8.70. The van der Waals surface area contributed by atoms with Crippen LogP contribution in [0.4, 0.5) is 5.69 Å². The Bertz CT molecular complexity index is 1810. The number of primary amides is 1. The molecular weight excluding hydrogens is 530 g/mol. The second-order valence-corrected chi connectivity index (χ2v) is 11.4. The number of fused-ring (bicyclic) bond motifs is 2. The van der Waals surface area contributed by atoms with Gasteiger partial charge in [0.25, 0.3) is 5.56 Å². The average Bonchev–Trinajstić information content (AvgIpc) is 3.62. The van der Waals surface area contributed by atoms with Crippen molar-refractivity contribution in [3.63, 3.8) is 0 Å². The molecule has 2 amide bonds. The number of imidazole rings is 1. The second kappa shape index (κ2) is 11.3. The zero-order valence-corrected chi connectivity index (χ0v) is 23.5. The number of aromatic nitrogens is 4. The number of anilines is 1. The molecule has 0 unspecified atom stereocenters. The number of benzene rings is 3. The quantitative estimate of drug-likeness (QED) is 0.192. The average molecular weight is 566 g/mol. The topological polar surface area (TPSA) is 167 Å². The molecule has 5 aromatic rings. The maximum atomic E-state index is 14.1. The van der Waals surface area contributed by atoms with Gasteiger partial charge >= 0.3 is 0 Å².